The van der Waals surface area contributed by atoms with E-state index in [0.29, 0.717) is 38.3 Å². The predicted octanol–water partition coefficient (Wildman–Crippen LogP) is 5.21. The van der Waals surface area contributed by atoms with Crippen LogP contribution in [0.4, 0.5) is 9.18 Å². The number of aryl methyl sites for hydroxylation is 1. The van der Waals surface area contributed by atoms with E-state index in [1.165, 1.54) is 25.1 Å². The van der Waals surface area contributed by atoms with Gasteiger partial charge < -0.3 is 35.1 Å². The average molecular weight is 727 g/mol. The monoisotopic (exact) mass is 726 g/mol. The minimum atomic E-state index is -1.28. The lowest BCUT2D eigenvalue weighted by molar-refractivity contribution is -0.156. The number of likely N-dealkylation sites (tertiary alicyclic amines) is 1. The van der Waals surface area contributed by atoms with Gasteiger partial charge in [-0.3, -0.25) is 19.2 Å². The first-order valence-electron chi connectivity index (χ1n) is 17.9. The Balaban J connectivity index is 1.63. The maximum Gasteiger partial charge on any atom is 0.410 e. The largest absolute Gasteiger partial charge is 0.494 e. The number of halogens is 1. The van der Waals surface area contributed by atoms with Gasteiger partial charge in [-0.15, -0.1) is 0 Å². The van der Waals surface area contributed by atoms with Gasteiger partial charge >= 0.3 is 12.1 Å². The Morgan fingerprint density at radius 2 is 1.60 bits per heavy atom. The zero-order valence-corrected chi connectivity index (χ0v) is 31.5. The highest BCUT2D eigenvalue weighted by Gasteiger charge is 2.30. The second-order valence-electron chi connectivity index (χ2n) is 15.2. The summed E-state index contributed by atoms with van der Waals surface area (Å²) in [6, 6.07) is 11.3. The summed E-state index contributed by atoms with van der Waals surface area (Å²) in [6.07, 6.45) is 2.39. The Hall–Kier alpha value is -4.68. The maximum atomic E-state index is 14.9. The van der Waals surface area contributed by atoms with Crippen LogP contribution in [0.2, 0.25) is 0 Å². The molecule has 3 rings (SSSR count). The number of benzene rings is 2. The van der Waals surface area contributed by atoms with Gasteiger partial charge in [0.15, 0.2) is 0 Å². The first-order chi connectivity index (χ1) is 24.4. The second-order valence-corrected chi connectivity index (χ2v) is 15.2. The molecule has 1 aliphatic rings. The summed E-state index contributed by atoms with van der Waals surface area (Å²) >= 11 is 0. The molecule has 1 heterocycles. The number of nitrogens with zero attached hydrogens (tertiary/aromatic N) is 1. The number of hydrogen-bond donors (Lipinski definition) is 3. The number of hydrogen-bond acceptors (Lipinski definition) is 8. The van der Waals surface area contributed by atoms with E-state index in [0.717, 1.165) is 18.4 Å². The fourth-order valence-electron chi connectivity index (χ4n) is 5.72. The number of esters is 1. The van der Waals surface area contributed by atoms with Gasteiger partial charge in [-0.1, -0.05) is 30.3 Å². The number of carbonyl (C=O) groups excluding carboxylic acids is 5. The number of amides is 4. The Morgan fingerprint density at radius 1 is 0.904 bits per heavy atom. The van der Waals surface area contributed by atoms with Crippen molar-refractivity contribution < 1.29 is 42.6 Å². The van der Waals surface area contributed by atoms with Crippen LogP contribution >= 0.6 is 0 Å². The molecule has 0 radical (unpaired) electrons. The number of ether oxygens (including phenoxy) is 3. The van der Waals surface area contributed by atoms with Crippen molar-refractivity contribution >= 4 is 29.8 Å². The van der Waals surface area contributed by atoms with Crippen LogP contribution in [0.15, 0.2) is 48.5 Å². The lowest BCUT2D eigenvalue weighted by Crippen LogP contribution is -2.54. The minimum absolute atomic E-state index is 0.180. The van der Waals surface area contributed by atoms with E-state index in [9.17, 15) is 28.4 Å². The molecule has 286 valence electrons. The number of rotatable bonds is 15. The van der Waals surface area contributed by atoms with E-state index < -0.39 is 59.2 Å². The fourth-order valence-corrected chi connectivity index (χ4v) is 5.72. The molecule has 2 aromatic carbocycles. The Kier molecular flexibility index (Phi) is 15.4. The van der Waals surface area contributed by atoms with Crippen LogP contribution in [-0.2, 0) is 41.6 Å². The highest BCUT2D eigenvalue weighted by molar-refractivity contribution is 5.94. The van der Waals surface area contributed by atoms with E-state index in [4.69, 9.17) is 14.2 Å². The van der Waals surface area contributed by atoms with Gasteiger partial charge in [-0.05, 0) is 103 Å². The van der Waals surface area contributed by atoms with Crippen molar-refractivity contribution in [3.8, 4) is 5.75 Å². The third-order valence-electron chi connectivity index (χ3n) is 8.12. The molecule has 3 unspecified atom stereocenters. The zero-order chi connectivity index (χ0) is 38.5. The first-order valence-corrected chi connectivity index (χ1v) is 17.9. The van der Waals surface area contributed by atoms with Crippen LogP contribution in [0.25, 0.3) is 0 Å². The summed E-state index contributed by atoms with van der Waals surface area (Å²) in [5.74, 6) is -2.40. The van der Waals surface area contributed by atoms with E-state index in [-0.39, 0.29) is 30.5 Å². The summed E-state index contributed by atoms with van der Waals surface area (Å²) in [5, 5.41) is 7.87. The van der Waals surface area contributed by atoms with Crippen LogP contribution in [0.5, 0.6) is 5.75 Å². The average Bonchev–Trinajstić information content (AvgIpc) is 3.05. The molecule has 3 N–H and O–H groups in total. The van der Waals surface area contributed by atoms with Crippen molar-refractivity contribution in [2.75, 3.05) is 19.7 Å². The smallest absolute Gasteiger partial charge is 0.410 e. The van der Waals surface area contributed by atoms with Gasteiger partial charge in [-0.25, -0.2) is 9.18 Å². The van der Waals surface area contributed by atoms with Crippen LogP contribution in [0.3, 0.4) is 0 Å². The van der Waals surface area contributed by atoms with Gasteiger partial charge in [0, 0.05) is 32.1 Å². The summed E-state index contributed by atoms with van der Waals surface area (Å²) < 4.78 is 31.7. The summed E-state index contributed by atoms with van der Waals surface area (Å²) in [6.45, 7) is 13.2. The van der Waals surface area contributed by atoms with Gasteiger partial charge in [0.1, 0.15) is 34.9 Å². The van der Waals surface area contributed by atoms with Gasteiger partial charge in [0.2, 0.25) is 17.7 Å². The molecule has 4 amide bonds. The quantitative estimate of drug-likeness (QED) is 0.212. The highest BCUT2D eigenvalue weighted by atomic mass is 19.1. The Labute approximate surface area is 306 Å². The van der Waals surface area contributed by atoms with E-state index >= 15 is 0 Å². The summed E-state index contributed by atoms with van der Waals surface area (Å²) in [4.78, 5) is 65.6. The molecule has 13 heteroatoms. The summed E-state index contributed by atoms with van der Waals surface area (Å²) in [5.41, 5.74) is -0.244. The number of carbonyl (C=O) groups is 5. The summed E-state index contributed by atoms with van der Waals surface area (Å²) in [7, 11) is 0. The number of piperidine rings is 1. The maximum absolute atomic E-state index is 14.9. The molecule has 3 atom stereocenters. The van der Waals surface area contributed by atoms with Crippen LogP contribution < -0.4 is 20.7 Å². The van der Waals surface area contributed by atoms with Crippen molar-refractivity contribution in [1.29, 1.82) is 0 Å². The van der Waals surface area contributed by atoms with E-state index in [1.807, 2.05) is 51.1 Å². The third kappa shape index (κ3) is 15.3. The molecule has 0 aliphatic carbocycles. The van der Waals surface area contributed by atoms with Crippen molar-refractivity contribution in [2.45, 2.75) is 117 Å². The van der Waals surface area contributed by atoms with Crippen molar-refractivity contribution in [3.05, 3.63) is 65.5 Å². The number of nitrogens with one attached hydrogen (secondary N) is 3. The molecule has 0 aromatic heterocycles. The molecule has 0 spiro atoms. The van der Waals surface area contributed by atoms with E-state index in [2.05, 4.69) is 16.0 Å². The van der Waals surface area contributed by atoms with Crippen molar-refractivity contribution in [1.82, 2.24) is 20.9 Å². The van der Waals surface area contributed by atoms with Gasteiger partial charge in [-0.2, -0.15) is 0 Å². The normalized spacial score (nSPS) is 15.8. The van der Waals surface area contributed by atoms with Crippen molar-refractivity contribution in [2.24, 2.45) is 5.92 Å². The molecule has 1 saturated heterocycles. The first kappa shape index (κ1) is 41.7. The van der Waals surface area contributed by atoms with Crippen LogP contribution in [0, 0.1) is 11.7 Å². The molecule has 1 aliphatic heterocycles. The molecule has 1 fully saturated rings. The van der Waals surface area contributed by atoms with Gasteiger partial charge in [0.05, 0.1) is 13.0 Å². The lowest BCUT2D eigenvalue weighted by Gasteiger charge is -2.34. The third-order valence-corrected chi connectivity index (χ3v) is 8.12. The lowest BCUT2D eigenvalue weighted by atomic mass is 9.95. The molecule has 0 bridgehead atoms. The molecule has 52 heavy (non-hydrogen) atoms. The second kappa shape index (κ2) is 19.2. The minimum Gasteiger partial charge on any atom is -0.494 e. The van der Waals surface area contributed by atoms with Gasteiger partial charge in [0.25, 0.3) is 0 Å². The topological polar surface area (TPSA) is 152 Å². The molecular weight excluding hydrogens is 671 g/mol. The van der Waals surface area contributed by atoms with E-state index in [1.54, 1.807) is 25.7 Å². The van der Waals surface area contributed by atoms with Crippen molar-refractivity contribution in [3.63, 3.8) is 0 Å². The zero-order valence-electron chi connectivity index (χ0n) is 31.5. The molecule has 0 saturated carbocycles. The predicted molar refractivity (Wildman–Crippen MR) is 194 cm³/mol. The SMILES string of the molecule is CC(=O)NC(CC(=O)OC(C)(C)C)C(=O)NC(CCc1ccccc1)C(=O)NCc1cc(OCCC2CCCN(C(=O)OC(C)(C)C)C2)ccc1F. The van der Waals surface area contributed by atoms with Crippen LogP contribution in [-0.4, -0.2) is 77.7 Å². The Bertz CT molecular complexity index is 1520. The molecule has 12 nitrogen and oxygen atoms in total. The molecule has 2 aromatic rings. The highest BCUT2D eigenvalue weighted by Crippen LogP contribution is 2.23. The van der Waals surface area contributed by atoms with Crippen LogP contribution in [0.1, 0.15) is 91.7 Å². The molecular formula is C39H55FN4O8. The standard InChI is InChI=1S/C39H55FN4O8/c1-26(45)42-33(23-34(46)51-38(2,3)4)36(48)43-32(18-15-27-12-9-8-10-13-27)35(47)41-24-29-22-30(16-17-31(29)40)50-21-19-28-14-11-20-44(25-28)37(49)52-39(5,6)7/h8-10,12-13,16-17,22,28,32-33H,11,14-15,18-21,23-25H2,1-7H3,(H,41,47)(H,42,45)(H,43,48). The fraction of sp³-hybridized carbons (Fsp3) is 0.564. The Morgan fingerprint density at radius 3 is 2.25 bits per heavy atom.